The predicted molar refractivity (Wildman–Crippen MR) is 28.8 cm³/mol. The molecule has 2 N–H and O–H groups in total. The highest BCUT2D eigenvalue weighted by Gasteiger charge is 2.45. The molecule has 1 fully saturated rings. The van der Waals surface area contributed by atoms with Crippen molar-refractivity contribution in [1.82, 2.24) is 0 Å². The van der Waals surface area contributed by atoms with E-state index < -0.39 is 24.0 Å². The largest absolute Gasteiger partial charge is 0.419 e. The number of hydrogen-bond donors (Lipinski definition) is 2. The fourth-order valence-electron chi connectivity index (χ4n) is 0.547. The third kappa shape index (κ3) is 1.31. The molecular weight excluding hydrogens is 156 g/mol. The van der Waals surface area contributed by atoms with Gasteiger partial charge in [0.1, 0.15) is 0 Å². The lowest BCUT2D eigenvalue weighted by atomic mass is 10.3. The highest BCUT2D eigenvalue weighted by Crippen LogP contribution is 2.16. The Bertz CT molecular complexity index is 207. The van der Waals surface area contributed by atoms with Crippen LogP contribution in [0.25, 0.3) is 0 Å². The average molecular weight is 162 g/mol. The molecule has 11 heavy (non-hydrogen) atoms. The molecule has 0 aromatic heterocycles. The van der Waals surface area contributed by atoms with Crippen LogP contribution in [0, 0.1) is 0 Å². The second-order valence-electron chi connectivity index (χ2n) is 2.16. The fraction of sp³-hybridized carbons (Fsp3) is 0.600. The Morgan fingerprint density at radius 2 is 2.09 bits per heavy atom. The van der Waals surface area contributed by atoms with Gasteiger partial charge in [0.15, 0.2) is 0 Å². The van der Waals surface area contributed by atoms with E-state index in [0.29, 0.717) is 0 Å². The van der Waals surface area contributed by atoms with E-state index in [4.69, 9.17) is 10.2 Å². The SMILES string of the molecule is C[C@@]1(O)OC(=O)C(O)OC1=O. The summed E-state index contributed by atoms with van der Waals surface area (Å²) in [5.74, 6) is -4.66. The third-order valence-corrected chi connectivity index (χ3v) is 1.10. The van der Waals surface area contributed by atoms with Gasteiger partial charge >= 0.3 is 17.7 Å². The van der Waals surface area contributed by atoms with Crippen molar-refractivity contribution in [3.05, 3.63) is 0 Å². The first-order chi connectivity index (χ1) is 4.93. The highest BCUT2D eigenvalue weighted by atomic mass is 16.8. The van der Waals surface area contributed by atoms with Crippen molar-refractivity contribution in [1.29, 1.82) is 0 Å². The topological polar surface area (TPSA) is 93.1 Å². The van der Waals surface area contributed by atoms with Crippen molar-refractivity contribution in [2.24, 2.45) is 0 Å². The number of carbonyl (C=O) groups is 2. The minimum absolute atomic E-state index is 0.944. The molecule has 0 radical (unpaired) electrons. The number of ether oxygens (including phenoxy) is 2. The second kappa shape index (κ2) is 2.18. The van der Waals surface area contributed by atoms with Gasteiger partial charge in [-0.3, -0.25) is 0 Å². The van der Waals surface area contributed by atoms with Crippen LogP contribution in [0.15, 0.2) is 0 Å². The first kappa shape index (κ1) is 7.96. The van der Waals surface area contributed by atoms with Crippen LogP contribution in [0.5, 0.6) is 0 Å². The van der Waals surface area contributed by atoms with Crippen LogP contribution in [0.2, 0.25) is 0 Å². The second-order valence-corrected chi connectivity index (χ2v) is 2.16. The number of aliphatic hydroxyl groups is 2. The van der Waals surface area contributed by atoms with Crippen LogP contribution in [-0.2, 0) is 19.1 Å². The number of hydrogen-bond acceptors (Lipinski definition) is 6. The number of rotatable bonds is 0. The lowest BCUT2D eigenvalue weighted by Crippen LogP contribution is -2.51. The summed E-state index contributed by atoms with van der Waals surface area (Å²) in [4.78, 5) is 21.0. The minimum Gasteiger partial charge on any atom is -0.419 e. The van der Waals surface area contributed by atoms with Crippen LogP contribution in [0.3, 0.4) is 0 Å². The van der Waals surface area contributed by atoms with Gasteiger partial charge in [-0.25, -0.2) is 9.59 Å². The Hall–Kier alpha value is -1.14. The van der Waals surface area contributed by atoms with Crippen LogP contribution >= 0.6 is 0 Å². The first-order valence-electron chi connectivity index (χ1n) is 2.78. The highest BCUT2D eigenvalue weighted by molar-refractivity contribution is 5.87. The summed E-state index contributed by atoms with van der Waals surface area (Å²) in [6.07, 6.45) is -1.93. The van der Waals surface area contributed by atoms with Gasteiger partial charge < -0.3 is 19.7 Å². The van der Waals surface area contributed by atoms with E-state index in [-0.39, 0.29) is 0 Å². The number of aliphatic hydroxyl groups excluding tert-OH is 1. The lowest BCUT2D eigenvalue weighted by Gasteiger charge is -2.27. The molecule has 62 valence electrons. The fourth-order valence-corrected chi connectivity index (χ4v) is 0.547. The van der Waals surface area contributed by atoms with E-state index in [2.05, 4.69) is 9.47 Å². The molecule has 0 spiro atoms. The molecule has 0 saturated carbocycles. The summed E-state index contributed by atoms with van der Waals surface area (Å²) < 4.78 is 8.10. The number of cyclic esters (lactones) is 2. The summed E-state index contributed by atoms with van der Waals surface area (Å²) in [6.45, 7) is 0.944. The van der Waals surface area contributed by atoms with E-state index in [1.54, 1.807) is 0 Å². The molecule has 1 aliphatic heterocycles. The quantitative estimate of drug-likeness (QED) is 0.404. The minimum atomic E-state index is -2.28. The molecule has 1 heterocycles. The maximum Gasteiger partial charge on any atom is 0.382 e. The molecule has 6 heteroatoms. The lowest BCUT2D eigenvalue weighted by molar-refractivity contribution is -0.267. The van der Waals surface area contributed by atoms with Crippen LogP contribution in [0.1, 0.15) is 6.92 Å². The molecule has 0 bridgehead atoms. The van der Waals surface area contributed by atoms with Gasteiger partial charge in [0.05, 0.1) is 0 Å². The Morgan fingerprint density at radius 3 is 2.55 bits per heavy atom. The Labute approximate surface area is 61.3 Å². The van der Waals surface area contributed by atoms with Gasteiger partial charge in [0.2, 0.25) is 0 Å². The summed E-state index contributed by atoms with van der Waals surface area (Å²) in [7, 11) is 0. The Morgan fingerprint density at radius 1 is 1.55 bits per heavy atom. The molecule has 0 aromatic rings. The van der Waals surface area contributed by atoms with Crippen molar-refractivity contribution < 1.29 is 29.3 Å². The van der Waals surface area contributed by atoms with E-state index in [9.17, 15) is 9.59 Å². The average Bonchev–Trinajstić information content (AvgIpc) is 1.83. The number of carbonyl (C=O) groups excluding carboxylic acids is 2. The van der Waals surface area contributed by atoms with Crippen molar-refractivity contribution in [3.63, 3.8) is 0 Å². The molecule has 1 rings (SSSR count). The van der Waals surface area contributed by atoms with Gasteiger partial charge in [-0.2, -0.15) is 0 Å². The smallest absolute Gasteiger partial charge is 0.382 e. The summed E-state index contributed by atoms with van der Waals surface area (Å²) in [5.41, 5.74) is 0. The molecule has 0 aromatic carbocycles. The third-order valence-electron chi connectivity index (χ3n) is 1.10. The van der Waals surface area contributed by atoms with Gasteiger partial charge in [-0.1, -0.05) is 0 Å². The Balaban J connectivity index is 2.79. The van der Waals surface area contributed by atoms with E-state index in [1.165, 1.54) is 0 Å². The molecule has 0 amide bonds. The first-order valence-corrected chi connectivity index (χ1v) is 2.78. The van der Waals surface area contributed by atoms with Gasteiger partial charge in [0.25, 0.3) is 6.29 Å². The Kier molecular flexibility index (Phi) is 1.57. The maximum atomic E-state index is 10.6. The van der Waals surface area contributed by atoms with Crippen molar-refractivity contribution in [3.8, 4) is 0 Å². The molecule has 1 unspecified atom stereocenters. The standard InChI is InChI=1S/C5H6O6/c1-5(9)4(8)10-2(6)3(7)11-5/h2,6,9H,1H3/t2?,5-/m1/s1. The van der Waals surface area contributed by atoms with E-state index >= 15 is 0 Å². The van der Waals surface area contributed by atoms with Gasteiger partial charge in [-0.15, -0.1) is 0 Å². The summed E-state index contributed by atoms with van der Waals surface area (Å²) in [5, 5.41) is 17.5. The molecule has 0 aliphatic carbocycles. The molecule has 1 saturated heterocycles. The van der Waals surface area contributed by atoms with Crippen molar-refractivity contribution in [2.75, 3.05) is 0 Å². The molecule has 2 atom stereocenters. The van der Waals surface area contributed by atoms with Gasteiger partial charge in [0, 0.05) is 6.92 Å². The van der Waals surface area contributed by atoms with Crippen molar-refractivity contribution >= 4 is 11.9 Å². The predicted octanol–water partition coefficient (Wildman–Crippen LogP) is -1.89. The number of esters is 2. The molecular formula is C5H6O6. The molecule has 1 aliphatic rings. The van der Waals surface area contributed by atoms with E-state index in [0.717, 1.165) is 6.92 Å². The zero-order valence-corrected chi connectivity index (χ0v) is 5.60. The summed E-state index contributed by atoms with van der Waals surface area (Å²) >= 11 is 0. The van der Waals surface area contributed by atoms with Crippen molar-refractivity contribution in [2.45, 2.75) is 19.0 Å². The maximum absolute atomic E-state index is 10.6. The van der Waals surface area contributed by atoms with Gasteiger partial charge in [-0.05, 0) is 0 Å². The van der Waals surface area contributed by atoms with Crippen LogP contribution in [-0.4, -0.2) is 34.2 Å². The van der Waals surface area contributed by atoms with Crippen LogP contribution in [0.4, 0.5) is 0 Å². The zero-order valence-electron chi connectivity index (χ0n) is 5.60. The zero-order chi connectivity index (χ0) is 8.65. The van der Waals surface area contributed by atoms with Crippen LogP contribution < -0.4 is 0 Å². The summed E-state index contributed by atoms with van der Waals surface area (Å²) in [6, 6.07) is 0. The molecule has 6 nitrogen and oxygen atoms in total. The van der Waals surface area contributed by atoms with E-state index in [1.807, 2.05) is 0 Å². The normalized spacial score (nSPS) is 37.9. The monoisotopic (exact) mass is 162 g/mol.